The van der Waals surface area contributed by atoms with Gasteiger partial charge in [0.1, 0.15) is 0 Å². The third-order valence-electron chi connectivity index (χ3n) is 2.95. The van der Waals surface area contributed by atoms with Crippen molar-refractivity contribution in [3.63, 3.8) is 0 Å². The van der Waals surface area contributed by atoms with Crippen LogP contribution >= 0.6 is 43.5 Å². The summed E-state index contributed by atoms with van der Waals surface area (Å²) in [6.07, 6.45) is 1.00. The molecular weight excluding hydrogens is 369 g/mol. The van der Waals surface area contributed by atoms with E-state index in [2.05, 4.69) is 31.9 Å². The fraction of sp³-hybridized carbons (Fsp3) is 0.417. The van der Waals surface area contributed by atoms with E-state index in [0.717, 1.165) is 28.5 Å². The van der Waals surface area contributed by atoms with Gasteiger partial charge in [-0.25, -0.2) is 0 Å². The third-order valence-corrected chi connectivity index (χ3v) is 4.57. The van der Waals surface area contributed by atoms with Crippen LogP contribution in [0.15, 0.2) is 27.1 Å². The van der Waals surface area contributed by atoms with E-state index in [1.165, 1.54) is 0 Å². The average molecular weight is 381 g/mol. The van der Waals surface area contributed by atoms with Gasteiger partial charge in [0.05, 0.1) is 5.56 Å². The molecule has 1 heterocycles. The first-order valence-electron chi connectivity index (χ1n) is 5.42. The van der Waals surface area contributed by atoms with Crippen molar-refractivity contribution in [2.45, 2.75) is 6.42 Å². The lowest BCUT2D eigenvalue weighted by molar-refractivity contribution is 0.0787. The van der Waals surface area contributed by atoms with E-state index in [9.17, 15) is 4.79 Å². The Morgan fingerprint density at radius 2 is 2.24 bits per heavy atom. The Hall–Kier alpha value is -0.0600. The SMILES string of the molecule is O=C(c1cc(Br)ccc1Br)N1CCC(CCl)C1. The molecule has 0 aromatic heterocycles. The van der Waals surface area contributed by atoms with Gasteiger partial charge in [0.25, 0.3) is 5.91 Å². The molecule has 1 fully saturated rings. The van der Waals surface area contributed by atoms with Crippen molar-refractivity contribution in [3.8, 4) is 0 Å². The summed E-state index contributed by atoms with van der Waals surface area (Å²) in [5.74, 6) is 1.14. The minimum Gasteiger partial charge on any atom is -0.338 e. The van der Waals surface area contributed by atoms with Crippen LogP contribution in [0.3, 0.4) is 0 Å². The van der Waals surface area contributed by atoms with Crippen LogP contribution in [0.2, 0.25) is 0 Å². The zero-order valence-electron chi connectivity index (χ0n) is 9.13. The molecule has 2 nitrogen and oxygen atoms in total. The van der Waals surface area contributed by atoms with Gasteiger partial charge in [-0.15, -0.1) is 11.6 Å². The molecule has 0 bridgehead atoms. The number of carbonyl (C=O) groups is 1. The van der Waals surface area contributed by atoms with E-state index in [1.807, 2.05) is 23.1 Å². The zero-order chi connectivity index (χ0) is 12.4. The molecule has 0 aliphatic carbocycles. The van der Waals surface area contributed by atoms with E-state index < -0.39 is 0 Å². The standard InChI is InChI=1S/C12H12Br2ClNO/c13-9-1-2-11(14)10(5-9)12(17)16-4-3-8(6-15)7-16/h1-2,5,8H,3-4,6-7H2. The number of likely N-dealkylation sites (tertiary alicyclic amines) is 1. The first kappa shape index (κ1) is 13.4. The van der Waals surface area contributed by atoms with Crippen LogP contribution in [0, 0.1) is 5.92 Å². The highest BCUT2D eigenvalue weighted by atomic mass is 79.9. The molecule has 5 heteroatoms. The van der Waals surface area contributed by atoms with Gasteiger partial charge in [-0.3, -0.25) is 4.79 Å². The fourth-order valence-electron chi connectivity index (χ4n) is 1.97. The fourth-order valence-corrected chi connectivity index (χ4v) is 3.00. The van der Waals surface area contributed by atoms with Gasteiger partial charge in [0.15, 0.2) is 0 Å². The van der Waals surface area contributed by atoms with E-state index in [4.69, 9.17) is 11.6 Å². The number of halogens is 3. The molecule has 1 amide bonds. The molecule has 1 unspecified atom stereocenters. The first-order valence-corrected chi connectivity index (χ1v) is 7.54. The Bertz CT molecular complexity index is 439. The minimum absolute atomic E-state index is 0.0748. The number of carbonyl (C=O) groups excluding carboxylic acids is 1. The summed E-state index contributed by atoms with van der Waals surface area (Å²) < 4.78 is 1.75. The molecule has 1 aliphatic heterocycles. The highest BCUT2D eigenvalue weighted by Crippen LogP contribution is 2.26. The van der Waals surface area contributed by atoms with Crippen molar-refractivity contribution >= 4 is 49.4 Å². The smallest absolute Gasteiger partial charge is 0.255 e. The van der Waals surface area contributed by atoms with Gasteiger partial charge in [0.2, 0.25) is 0 Å². The summed E-state index contributed by atoms with van der Waals surface area (Å²) >= 11 is 12.6. The monoisotopic (exact) mass is 379 g/mol. The van der Waals surface area contributed by atoms with Crippen LogP contribution in [0.5, 0.6) is 0 Å². The van der Waals surface area contributed by atoms with Crippen molar-refractivity contribution in [2.75, 3.05) is 19.0 Å². The van der Waals surface area contributed by atoms with E-state index in [1.54, 1.807) is 0 Å². The molecule has 1 aromatic carbocycles. The maximum absolute atomic E-state index is 12.3. The molecule has 1 aliphatic rings. The second-order valence-corrected chi connectivity index (χ2v) is 6.26. The Labute approximate surface area is 123 Å². The quantitative estimate of drug-likeness (QED) is 0.712. The van der Waals surface area contributed by atoms with Crippen LogP contribution in [-0.4, -0.2) is 29.8 Å². The highest BCUT2D eigenvalue weighted by molar-refractivity contribution is 9.11. The average Bonchev–Trinajstić information content (AvgIpc) is 2.80. The normalized spacial score (nSPS) is 19.7. The number of hydrogen-bond donors (Lipinski definition) is 0. The molecule has 0 spiro atoms. The van der Waals surface area contributed by atoms with Crippen LogP contribution < -0.4 is 0 Å². The van der Waals surface area contributed by atoms with Crippen LogP contribution in [0.4, 0.5) is 0 Å². The van der Waals surface area contributed by atoms with E-state index in [0.29, 0.717) is 17.4 Å². The molecule has 1 saturated heterocycles. The first-order chi connectivity index (χ1) is 8.11. The van der Waals surface area contributed by atoms with Crippen molar-refractivity contribution < 1.29 is 4.79 Å². The van der Waals surface area contributed by atoms with Gasteiger partial charge < -0.3 is 4.90 Å². The van der Waals surface area contributed by atoms with Gasteiger partial charge in [-0.05, 0) is 46.5 Å². The zero-order valence-corrected chi connectivity index (χ0v) is 13.1. The van der Waals surface area contributed by atoms with Crippen molar-refractivity contribution in [3.05, 3.63) is 32.7 Å². The van der Waals surface area contributed by atoms with Crippen LogP contribution in [-0.2, 0) is 0 Å². The largest absolute Gasteiger partial charge is 0.338 e. The van der Waals surface area contributed by atoms with Crippen LogP contribution in [0.1, 0.15) is 16.8 Å². The lowest BCUT2D eigenvalue weighted by Crippen LogP contribution is -2.29. The summed E-state index contributed by atoms with van der Waals surface area (Å²) in [4.78, 5) is 14.2. The third kappa shape index (κ3) is 3.04. The second kappa shape index (κ2) is 5.72. The van der Waals surface area contributed by atoms with E-state index in [-0.39, 0.29) is 5.91 Å². The number of rotatable bonds is 2. The lowest BCUT2D eigenvalue weighted by Gasteiger charge is -2.17. The lowest BCUT2D eigenvalue weighted by atomic mass is 10.1. The molecule has 0 radical (unpaired) electrons. The molecule has 0 saturated carbocycles. The van der Waals surface area contributed by atoms with Crippen molar-refractivity contribution in [1.29, 1.82) is 0 Å². The second-order valence-electron chi connectivity index (χ2n) is 4.18. The van der Waals surface area contributed by atoms with Gasteiger partial charge in [-0.1, -0.05) is 15.9 Å². The molecule has 2 rings (SSSR count). The summed E-state index contributed by atoms with van der Waals surface area (Å²) in [7, 11) is 0. The Morgan fingerprint density at radius 3 is 2.88 bits per heavy atom. The maximum atomic E-state index is 12.3. The van der Waals surface area contributed by atoms with Crippen molar-refractivity contribution in [2.24, 2.45) is 5.92 Å². The van der Waals surface area contributed by atoms with Gasteiger partial charge in [-0.2, -0.15) is 0 Å². The molecule has 17 heavy (non-hydrogen) atoms. The van der Waals surface area contributed by atoms with Gasteiger partial charge in [0, 0.05) is 27.9 Å². The summed E-state index contributed by atoms with van der Waals surface area (Å²) in [6, 6.07) is 5.64. The molecular formula is C12H12Br2ClNO. The highest BCUT2D eigenvalue weighted by Gasteiger charge is 2.27. The molecule has 0 N–H and O–H groups in total. The Balaban J connectivity index is 2.17. The number of alkyl halides is 1. The molecule has 1 aromatic rings. The van der Waals surface area contributed by atoms with Crippen molar-refractivity contribution in [1.82, 2.24) is 4.90 Å². The summed E-state index contributed by atoms with van der Waals surface area (Å²) in [5.41, 5.74) is 0.703. The summed E-state index contributed by atoms with van der Waals surface area (Å²) in [5, 5.41) is 0. The van der Waals surface area contributed by atoms with E-state index >= 15 is 0 Å². The van der Waals surface area contributed by atoms with Crippen LogP contribution in [0.25, 0.3) is 0 Å². The number of nitrogens with zero attached hydrogens (tertiary/aromatic N) is 1. The molecule has 1 atom stereocenters. The minimum atomic E-state index is 0.0748. The molecule has 92 valence electrons. The Kier molecular flexibility index (Phi) is 4.50. The predicted octanol–water partition coefficient (Wildman–Crippen LogP) is 3.91. The number of hydrogen-bond acceptors (Lipinski definition) is 1. The maximum Gasteiger partial charge on any atom is 0.255 e. The number of amides is 1. The topological polar surface area (TPSA) is 20.3 Å². The Morgan fingerprint density at radius 1 is 1.47 bits per heavy atom. The summed E-state index contributed by atoms with van der Waals surface area (Å²) in [6.45, 7) is 1.57. The number of benzene rings is 1. The predicted molar refractivity (Wildman–Crippen MR) is 76.6 cm³/mol. The van der Waals surface area contributed by atoms with Gasteiger partial charge >= 0.3 is 0 Å².